The summed E-state index contributed by atoms with van der Waals surface area (Å²) >= 11 is 0. The van der Waals surface area contributed by atoms with Gasteiger partial charge in [-0.25, -0.2) is 0 Å². The normalized spacial score (nSPS) is 15.7. The molecule has 0 aliphatic heterocycles. The van der Waals surface area contributed by atoms with E-state index in [0.717, 1.165) is 0 Å². The van der Waals surface area contributed by atoms with Gasteiger partial charge in [-0.2, -0.15) is 0 Å². The van der Waals surface area contributed by atoms with Crippen LogP contribution in [-0.2, 0) is 9.53 Å². The van der Waals surface area contributed by atoms with Crippen molar-refractivity contribution < 1.29 is 9.53 Å². The summed E-state index contributed by atoms with van der Waals surface area (Å²) in [5, 5.41) is 0. The lowest BCUT2D eigenvalue weighted by atomic mass is 10.1. The Kier molecular flexibility index (Phi) is 5.99. The van der Waals surface area contributed by atoms with Crippen LogP contribution in [-0.4, -0.2) is 18.5 Å². The fourth-order valence-corrected chi connectivity index (χ4v) is 1.00. The van der Waals surface area contributed by atoms with Crippen molar-refractivity contribution in [2.45, 2.75) is 46.6 Å². The summed E-state index contributed by atoms with van der Waals surface area (Å²) in [6.45, 7) is 8.38. The van der Waals surface area contributed by atoms with Gasteiger partial charge in [0, 0.05) is 0 Å². The molecule has 2 unspecified atom stereocenters. The number of rotatable bonds is 6. The second kappa shape index (κ2) is 6.18. The molecule has 0 bridgehead atoms. The maximum absolute atomic E-state index is 10.8. The predicted octanol–water partition coefficient (Wildman–Crippen LogP) is 2.42. The Hall–Kier alpha value is -0.370. The molecule has 0 aromatic rings. The summed E-state index contributed by atoms with van der Waals surface area (Å²) in [5.74, 6) is 0.676. The van der Waals surface area contributed by atoms with Crippen LogP contribution in [0.15, 0.2) is 0 Å². The smallest absolute Gasteiger partial charge is 0.158 e. The molecule has 0 N–H and O–H groups in total. The van der Waals surface area contributed by atoms with E-state index in [1.165, 1.54) is 12.8 Å². The zero-order valence-corrected chi connectivity index (χ0v) is 8.59. The van der Waals surface area contributed by atoms with Gasteiger partial charge in [-0.1, -0.05) is 20.3 Å². The Morgan fingerprint density at radius 2 is 2.00 bits per heavy atom. The molecule has 0 radical (unpaired) electrons. The summed E-state index contributed by atoms with van der Waals surface area (Å²) in [6, 6.07) is 0. The Balaban J connectivity index is 3.46. The molecule has 0 saturated carbocycles. The number of ether oxygens (including phenoxy) is 1. The van der Waals surface area contributed by atoms with E-state index in [4.69, 9.17) is 4.74 Å². The van der Waals surface area contributed by atoms with Crippen molar-refractivity contribution in [1.82, 2.24) is 0 Å². The average molecular weight is 172 g/mol. The van der Waals surface area contributed by atoms with Crippen LogP contribution in [0.4, 0.5) is 0 Å². The highest BCUT2D eigenvalue weighted by Gasteiger charge is 2.09. The lowest BCUT2D eigenvalue weighted by Crippen LogP contribution is -2.20. The molecular formula is C10H20O2. The molecule has 2 atom stereocenters. The van der Waals surface area contributed by atoms with E-state index in [9.17, 15) is 4.79 Å². The number of Topliss-reactive ketones (excluding diaryl/α,β-unsaturated/α-hetero) is 1. The molecule has 2 heteroatoms. The first-order chi connectivity index (χ1) is 5.57. The first-order valence-electron chi connectivity index (χ1n) is 4.70. The van der Waals surface area contributed by atoms with Crippen LogP contribution in [0, 0.1) is 5.92 Å². The van der Waals surface area contributed by atoms with Crippen molar-refractivity contribution >= 4 is 5.78 Å². The maximum Gasteiger partial charge on any atom is 0.158 e. The van der Waals surface area contributed by atoms with Gasteiger partial charge in [0.1, 0.15) is 6.10 Å². The second-order valence-electron chi connectivity index (χ2n) is 3.48. The predicted molar refractivity (Wildman–Crippen MR) is 50.2 cm³/mol. The van der Waals surface area contributed by atoms with Gasteiger partial charge in [0.25, 0.3) is 0 Å². The van der Waals surface area contributed by atoms with Gasteiger partial charge in [-0.3, -0.25) is 4.79 Å². The lowest BCUT2D eigenvalue weighted by molar-refractivity contribution is -0.128. The number of ketones is 1. The van der Waals surface area contributed by atoms with Gasteiger partial charge < -0.3 is 4.74 Å². The van der Waals surface area contributed by atoms with Crippen LogP contribution < -0.4 is 0 Å². The maximum atomic E-state index is 10.8. The molecule has 2 nitrogen and oxygen atoms in total. The molecular weight excluding hydrogens is 152 g/mol. The third-order valence-corrected chi connectivity index (χ3v) is 1.98. The van der Waals surface area contributed by atoms with Crippen LogP contribution in [0.3, 0.4) is 0 Å². The molecule has 0 saturated heterocycles. The second-order valence-corrected chi connectivity index (χ2v) is 3.48. The molecule has 0 heterocycles. The van der Waals surface area contributed by atoms with Crippen molar-refractivity contribution in [1.29, 1.82) is 0 Å². The van der Waals surface area contributed by atoms with Gasteiger partial charge in [0.05, 0.1) is 6.61 Å². The third-order valence-electron chi connectivity index (χ3n) is 1.98. The van der Waals surface area contributed by atoms with E-state index in [1.807, 2.05) is 0 Å². The Morgan fingerprint density at radius 1 is 1.42 bits per heavy atom. The molecule has 0 aromatic heterocycles. The van der Waals surface area contributed by atoms with Crippen LogP contribution in [0.1, 0.15) is 40.5 Å². The van der Waals surface area contributed by atoms with Gasteiger partial charge >= 0.3 is 0 Å². The highest BCUT2D eigenvalue weighted by molar-refractivity contribution is 5.79. The quantitative estimate of drug-likeness (QED) is 0.615. The van der Waals surface area contributed by atoms with Crippen molar-refractivity contribution in [2.75, 3.05) is 6.61 Å². The summed E-state index contributed by atoms with van der Waals surface area (Å²) in [4.78, 5) is 10.8. The van der Waals surface area contributed by atoms with E-state index < -0.39 is 0 Å². The fraction of sp³-hybridized carbons (Fsp3) is 0.900. The molecule has 0 spiro atoms. The average Bonchev–Trinajstić information content (AvgIpc) is 2.00. The van der Waals surface area contributed by atoms with E-state index in [0.29, 0.717) is 12.5 Å². The first kappa shape index (κ1) is 11.6. The molecule has 72 valence electrons. The first-order valence-corrected chi connectivity index (χ1v) is 4.70. The minimum Gasteiger partial charge on any atom is -0.370 e. The molecule has 12 heavy (non-hydrogen) atoms. The molecule has 0 aromatic carbocycles. The standard InChI is InChI=1S/C10H20O2/c1-5-6-8(2)7-12-10(4)9(3)11/h8,10H,5-7H2,1-4H3. The minimum absolute atomic E-state index is 0.110. The minimum atomic E-state index is -0.232. The zero-order chi connectivity index (χ0) is 9.56. The molecule has 0 rings (SSSR count). The Bertz CT molecular complexity index is 132. The van der Waals surface area contributed by atoms with Crippen molar-refractivity contribution in [3.05, 3.63) is 0 Å². The van der Waals surface area contributed by atoms with Crippen LogP contribution in [0.5, 0.6) is 0 Å². The molecule has 0 amide bonds. The summed E-state index contributed by atoms with van der Waals surface area (Å²) in [5.41, 5.74) is 0. The van der Waals surface area contributed by atoms with Crippen molar-refractivity contribution in [2.24, 2.45) is 5.92 Å². The monoisotopic (exact) mass is 172 g/mol. The van der Waals surface area contributed by atoms with Gasteiger partial charge in [0.2, 0.25) is 0 Å². The highest BCUT2D eigenvalue weighted by Crippen LogP contribution is 2.06. The Labute approximate surface area is 75.3 Å². The largest absolute Gasteiger partial charge is 0.370 e. The zero-order valence-electron chi connectivity index (χ0n) is 8.59. The number of carbonyl (C=O) groups is 1. The van der Waals surface area contributed by atoms with E-state index in [-0.39, 0.29) is 11.9 Å². The summed E-state index contributed by atoms with van der Waals surface area (Å²) in [6.07, 6.45) is 2.12. The number of hydrogen-bond donors (Lipinski definition) is 0. The fourth-order valence-electron chi connectivity index (χ4n) is 1.00. The molecule has 0 aliphatic rings. The van der Waals surface area contributed by atoms with E-state index >= 15 is 0 Å². The molecule has 0 aliphatic carbocycles. The van der Waals surface area contributed by atoms with Gasteiger partial charge in [0.15, 0.2) is 5.78 Å². The number of hydrogen-bond acceptors (Lipinski definition) is 2. The SMILES string of the molecule is CCCC(C)COC(C)C(C)=O. The summed E-state index contributed by atoms with van der Waals surface area (Å²) in [7, 11) is 0. The van der Waals surface area contributed by atoms with Gasteiger partial charge in [-0.05, 0) is 26.2 Å². The molecule has 0 fully saturated rings. The van der Waals surface area contributed by atoms with Crippen LogP contribution >= 0.6 is 0 Å². The van der Waals surface area contributed by atoms with Gasteiger partial charge in [-0.15, -0.1) is 0 Å². The third kappa shape index (κ3) is 5.30. The van der Waals surface area contributed by atoms with Crippen LogP contribution in [0.25, 0.3) is 0 Å². The van der Waals surface area contributed by atoms with E-state index in [1.54, 1.807) is 13.8 Å². The number of carbonyl (C=O) groups excluding carboxylic acids is 1. The topological polar surface area (TPSA) is 26.3 Å². The van der Waals surface area contributed by atoms with Crippen molar-refractivity contribution in [3.8, 4) is 0 Å². The Morgan fingerprint density at radius 3 is 2.42 bits per heavy atom. The van der Waals surface area contributed by atoms with Crippen LogP contribution in [0.2, 0.25) is 0 Å². The lowest BCUT2D eigenvalue weighted by Gasteiger charge is -2.14. The summed E-state index contributed by atoms with van der Waals surface area (Å²) < 4.78 is 5.37. The van der Waals surface area contributed by atoms with Crippen molar-refractivity contribution in [3.63, 3.8) is 0 Å². The highest BCUT2D eigenvalue weighted by atomic mass is 16.5. The van der Waals surface area contributed by atoms with E-state index in [2.05, 4.69) is 13.8 Å².